The molecule has 8 heteroatoms. The van der Waals surface area contributed by atoms with Gasteiger partial charge in [0.2, 0.25) is 11.8 Å². The van der Waals surface area contributed by atoms with Gasteiger partial charge in [-0.05, 0) is 12.8 Å². The predicted octanol–water partition coefficient (Wildman–Crippen LogP) is -0.177. The lowest BCUT2D eigenvalue weighted by Gasteiger charge is -2.33. The maximum Gasteiger partial charge on any atom is 0.243 e. The number of hydrogen-bond acceptors (Lipinski definition) is 4. The lowest BCUT2D eigenvalue weighted by molar-refractivity contribution is -0.133. The molecule has 0 spiro atoms. The molecule has 2 N–H and O–H groups in total. The van der Waals surface area contributed by atoms with Gasteiger partial charge < -0.3 is 25.2 Å². The van der Waals surface area contributed by atoms with E-state index in [9.17, 15) is 9.59 Å². The third-order valence-electron chi connectivity index (χ3n) is 3.99. The van der Waals surface area contributed by atoms with E-state index in [0.717, 1.165) is 12.8 Å². The van der Waals surface area contributed by atoms with Crippen molar-refractivity contribution >= 4 is 17.8 Å². The van der Waals surface area contributed by atoms with E-state index in [-0.39, 0.29) is 24.4 Å². The first kappa shape index (κ1) is 21.0. The molecular weight excluding hydrogens is 322 g/mol. The predicted molar refractivity (Wildman–Crippen MR) is 98.4 cm³/mol. The van der Waals surface area contributed by atoms with Crippen LogP contribution in [0, 0.1) is 0 Å². The monoisotopic (exact) mass is 353 g/mol. The van der Waals surface area contributed by atoms with Gasteiger partial charge in [0.25, 0.3) is 0 Å². The highest BCUT2D eigenvalue weighted by Crippen LogP contribution is 2.11. The van der Waals surface area contributed by atoms with E-state index in [2.05, 4.69) is 22.2 Å². The zero-order chi connectivity index (χ0) is 18.7. The number of nitrogens with zero attached hydrogens (tertiary/aromatic N) is 3. The molecule has 1 rings (SSSR count). The maximum atomic E-state index is 12.0. The number of carbonyl (C=O) groups excluding carboxylic acids is 2. The molecule has 1 saturated heterocycles. The summed E-state index contributed by atoms with van der Waals surface area (Å²) in [5.41, 5.74) is 0. The molecule has 0 atom stereocenters. The normalized spacial score (nSPS) is 15.6. The van der Waals surface area contributed by atoms with Crippen molar-refractivity contribution < 1.29 is 14.3 Å². The second-order valence-electron chi connectivity index (χ2n) is 6.16. The highest BCUT2D eigenvalue weighted by atomic mass is 16.5. The fourth-order valence-electron chi connectivity index (χ4n) is 2.42. The van der Waals surface area contributed by atoms with Crippen molar-refractivity contribution in [1.82, 2.24) is 20.4 Å². The van der Waals surface area contributed by atoms with Crippen LogP contribution in [0.25, 0.3) is 0 Å². The molecule has 0 radical (unpaired) electrons. The van der Waals surface area contributed by atoms with Crippen molar-refractivity contribution in [3.63, 3.8) is 0 Å². The molecule has 0 saturated carbocycles. The van der Waals surface area contributed by atoms with Crippen LogP contribution in [-0.4, -0.2) is 87.6 Å². The van der Waals surface area contributed by atoms with Crippen LogP contribution in [0.3, 0.4) is 0 Å². The van der Waals surface area contributed by atoms with Crippen molar-refractivity contribution in [3.8, 4) is 0 Å². The number of carbonyl (C=O) groups is 2. The van der Waals surface area contributed by atoms with Gasteiger partial charge in [-0.2, -0.15) is 0 Å². The lowest BCUT2D eigenvalue weighted by Crippen LogP contribution is -2.50. The Morgan fingerprint density at radius 2 is 2.04 bits per heavy atom. The summed E-state index contributed by atoms with van der Waals surface area (Å²) in [6.45, 7) is 6.22. The molecule has 2 amide bonds. The Morgan fingerprint density at radius 1 is 1.36 bits per heavy atom. The van der Waals surface area contributed by atoms with E-state index < -0.39 is 0 Å². The number of amides is 2. The number of hydrogen-bond donors (Lipinski definition) is 2. The topological polar surface area (TPSA) is 86.3 Å². The first-order chi connectivity index (χ1) is 12.0. The highest BCUT2D eigenvalue weighted by molar-refractivity contribution is 5.85. The van der Waals surface area contributed by atoms with Crippen molar-refractivity contribution in [3.05, 3.63) is 12.7 Å². The fraction of sp³-hybridized carbons (Fsp3) is 0.706. The van der Waals surface area contributed by atoms with Crippen molar-refractivity contribution in [1.29, 1.82) is 0 Å². The minimum Gasteiger partial charge on any atom is -0.384 e. The fourth-order valence-corrected chi connectivity index (χ4v) is 2.42. The smallest absolute Gasteiger partial charge is 0.243 e. The van der Waals surface area contributed by atoms with Crippen LogP contribution in [0.5, 0.6) is 0 Å². The van der Waals surface area contributed by atoms with Gasteiger partial charge in [-0.15, -0.1) is 6.58 Å². The standard InChI is InChI=1S/C17H31N5O3/c1-5-9-18-17(19-13-16(24)21(2)3)20-14-6-10-22(11-7-14)15(23)8-12-25-4/h5,14H,1,6-13H2,2-4H3,(H2,18,19,20). The summed E-state index contributed by atoms with van der Waals surface area (Å²) < 4.78 is 4.95. The average Bonchev–Trinajstić information content (AvgIpc) is 2.61. The number of piperidine rings is 1. The number of likely N-dealkylation sites (N-methyl/N-ethyl adjacent to an activating group) is 1. The van der Waals surface area contributed by atoms with Crippen LogP contribution < -0.4 is 10.6 Å². The first-order valence-corrected chi connectivity index (χ1v) is 8.60. The molecule has 1 aliphatic rings. The van der Waals surface area contributed by atoms with Crippen LogP contribution in [0.1, 0.15) is 19.3 Å². The van der Waals surface area contributed by atoms with Crippen LogP contribution in [0.2, 0.25) is 0 Å². The summed E-state index contributed by atoms with van der Waals surface area (Å²) in [7, 11) is 5.01. The summed E-state index contributed by atoms with van der Waals surface area (Å²) in [6.07, 6.45) is 3.85. The maximum absolute atomic E-state index is 12.0. The summed E-state index contributed by atoms with van der Waals surface area (Å²) in [6, 6.07) is 0.219. The third kappa shape index (κ3) is 8.02. The molecule has 142 valence electrons. The van der Waals surface area contributed by atoms with Gasteiger partial charge in [0.05, 0.1) is 13.0 Å². The minimum atomic E-state index is -0.0572. The van der Waals surface area contributed by atoms with Gasteiger partial charge in [-0.25, -0.2) is 4.99 Å². The Balaban J connectivity index is 2.50. The zero-order valence-electron chi connectivity index (χ0n) is 15.6. The highest BCUT2D eigenvalue weighted by Gasteiger charge is 2.23. The second kappa shape index (κ2) is 11.5. The number of ether oxygens (including phenoxy) is 1. The summed E-state index contributed by atoms with van der Waals surface area (Å²) in [5, 5.41) is 6.47. The number of nitrogens with one attached hydrogen (secondary N) is 2. The molecule has 1 aliphatic heterocycles. The lowest BCUT2D eigenvalue weighted by atomic mass is 10.0. The largest absolute Gasteiger partial charge is 0.384 e. The Kier molecular flexibility index (Phi) is 9.61. The van der Waals surface area contributed by atoms with Gasteiger partial charge in [0.1, 0.15) is 6.54 Å². The van der Waals surface area contributed by atoms with Crippen LogP contribution in [-0.2, 0) is 14.3 Å². The van der Waals surface area contributed by atoms with Gasteiger partial charge in [-0.3, -0.25) is 9.59 Å². The van der Waals surface area contributed by atoms with Gasteiger partial charge in [0, 0.05) is 46.9 Å². The number of methoxy groups -OCH3 is 1. The minimum absolute atomic E-state index is 0.0572. The van der Waals surface area contributed by atoms with Gasteiger partial charge >= 0.3 is 0 Å². The Morgan fingerprint density at radius 3 is 2.60 bits per heavy atom. The number of likely N-dealkylation sites (tertiary alicyclic amines) is 1. The van der Waals surface area contributed by atoms with E-state index in [1.54, 1.807) is 27.3 Å². The number of rotatable bonds is 8. The van der Waals surface area contributed by atoms with E-state index in [1.807, 2.05) is 4.90 Å². The first-order valence-electron chi connectivity index (χ1n) is 8.60. The van der Waals surface area contributed by atoms with Crippen LogP contribution in [0.15, 0.2) is 17.6 Å². The van der Waals surface area contributed by atoms with Crippen molar-refractivity contribution in [2.24, 2.45) is 4.99 Å². The number of guanidine groups is 1. The van der Waals surface area contributed by atoms with E-state index in [0.29, 0.717) is 38.6 Å². The molecule has 1 heterocycles. The van der Waals surface area contributed by atoms with Crippen molar-refractivity contribution in [2.45, 2.75) is 25.3 Å². The van der Waals surface area contributed by atoms with Gasteiger partial charge in [-0.1, -0.05) is 6.08 Å². The molecule has 0 aromatic heterocycles. The summed E-state index contributed by atoms with van der Waals surface area (Å²) >= 11 is 0. The molecular formula is C17H31N5O3. The molecule has 0 aromatic carbocycles. The van der Waals surface area contributed by atoms with E-state index in [4.69, 9.17) is 4.74 Å². The van der Waals surface area contributed by atoms with Crippen molar-refractivity contribution in [2.75, 3.05) is 54.0 Å². The van der Waals surface area contributed by atoms with E-state index >= 15 is 0 Å². The molecule has 8 nitrogen and oxygen atoms in total. The van der Waals surface area contributed by atoms with Crippen LogP contribution in [0.4, 0.5) is 0 Å². The Hall–Kier alpha value is -2.09. The van der Waals surface area contributed by atoms with Crippen LogP contribution >= 0.6 is 0 Å². The summed E-state index contributed by atoms with van der Waals surface area (Å²) in [5.74, 6) is 0.674. The average molecular weight is 353 g/mol. The third-order valence-corrected chi connectivity index (χ3v) is 3.99. The Bertz CT molecular complexity index is 471. The van der Waals surface area contributed by atoms with E-state index in [1.165, 1.54) is 4.90 Å². The molecule has 0 aromatic rings. The SMILES string of the molecule is C=CCNC(=NCC(=O)N(C)C)NC1CCN(C(=O)CCOC)CC1. The Labute approximate surface area is 150 Å². The molecule has 25 heavy (non-hydrogen) atoms. The molecule has 1 fully saturated rings. The number of aliphatic imine (C=N–C) groups is 1. The van der Waals surface area contributed by atoms with Gasteiger partial charge in [0.15, 0.2) is 5.96 Å². The zero-order valence-corrected chi connectivity index (χ0v) is 15.6. The summed E-state index contributed by atoms with van der Waals surface area (Å²) in [4.78, 5) is 31.4. The second-order valence-corrected chi connectivity index (χ2v) is 6.16. The molecule has 0 unspecified atom stereocenters. The molecule has 0 aliphatic carbocycles. The molecule has 0 bridgehead atoms. The quantitative estimate of drug-likeness (QED) is 0.359.